The van der Waals surface area contributed by atoms with E-state index in [1.165, 1.54) is 6.26 Å². The van der Waals surface area contributed by atoms with Crippen LogP contribution in [0.1, 0.15) is 43.6 Å². The molecule has 5 nitrogen and oxygen atoms in total. The van der Waals surface area contributed by atoms with Gasteiger partial charge >= 0.3 is 0 Å². The van der Waals surface area contributed by atoms with Gasteiger partial charge in [0.25, 0.3) is 0 Å². The van der Waals surface area contributed by atoms with E-state index in [2.05, 4.69) is 44.8 Å². The zero-order valence-electron chi connectivity index (χ0n) is 11.1. The minimum atomic E-state index is -3.10. The molecular formula is C12H18IN3O2S. The minimum absolute atomic E-state index is 0.0928. The Labute approximate surface area is 127 Å². The molecule has 0 spiro atoms. The monoisotopic (exact) mass is 395 g/mol. The molecule has 0 bridgehead atoms. The topological polar surface area (TPSA) is 72.0 Å². The molecular weight excluding hydrogens is 377 g/mol. The third kappa shape index (κ3) is 4.27. The average Bonchev–Trinajstić information content (AvgIpc) is 3.11. The van der Waals surface area contributed by atoms with Crippen LogP contribution in [0.25, 0.3) is 0 Å². The Morgan fingerprint density at radius 3 is 2.58 bits per heavy atom. The molecule has 0 atom stereocenters. The molecule has 1 heterocycles. The van der Waals surface area contributed by atoms with Crippen LogP contribution in [0.2, 0.25) is 0 Å². The Kier molecular flexibility index (Phi) is 4.65. The number of anilines is 1. The molecule has 0 aliphatic heterocycles. The summed E-state index contributed by atoms with van der Waals surface area (Å²) in [5.74, 6) is 1.57. The summed E-state index contributed by atoms with van der Waals surface area (Å²) in [6, 6.07) is 0. The molecule has 0 radical (unpaired) electrons. The standard InChI is InChI=1S/C12H18IN3O2S/c1-3-6-14-12-10(13)11(8-4-5-8)15-9(16-12)7-19(2,17)18/h8H,3-7H2,1-2H3,(H,14,15,16). The van der Waals surface area contributed by atoms with Gasteiger partial charge < -0.3 is 5.32 Å². The van der Waals surface area contributed by atoms with E-state index in [4.69, 9.17) is 0 Å². The number of nitrogens with one attached hydrogen (secondary N) is 1. The zero-order valence-corrected chi connectivity index (χ0v) is 14.1. The molecule has 1 N–H and O–H groups in total. The molecule has 1 saturated carbocycles. The second-order valence-electron chi connectivity index (χ2n) is 4.96. The van der Waals surface area contributed by atoms with Gasteiger partial charge in [0.1, 0.15) is 17.4 Å². The van der Waals surface area contributed by atoms with Crippen LogP contribution in [0.5, 0.6) is 0 Å². The van der Waals surface area contributed by atoms with Crippen LogP contribution in [0.3, 0.4) is 0 Å². The van der Waals surface area contributed by atoms with Crippen LogP contribution in [-0.4, -0.2) is 31.2 Å². The summed E-state index contributed by atoms with van der Waals surface area (Å²) in [6.45, 7) is 2.91. The van der Waals surface area contributed by atoms with Crippen molar-refractivity contribution < 1.29 is 8.42 Å². The van der Waals surface area contributed by atoms with Gasteiger partial charge in [0.15, 0.2) is 9.84 Å². The Morgan fingerprint density at radius 1 is 1.37 bits per heavy atom. The number of hydrogen-bond donors (Lipinski definition) is 1. The first kappa shape index (κ1) is 15.0. The molecule has 1 fully saturated rings. The van der Waals surface area contributed by atoms with E-state index in [1.807, 2.05) is 0 Å². The van der Waals surface area contributed by atoms with Crippen molar-refractivity contribution in [3.63, 3.8) is 0 Å². The molecule has 0 saturated heterocycles. The number of rotatable bonds is 6. The van der Waals surface area contributed by atoms with Crippen LogP contribution in [0.15, 0.2) is 0 Å². The van der Waals surface area contributed by atoms with E-state index >= 15 is 0 Å². The fourth-order valence-electron chi connectivity index (χ4n) is 1.80. The summed E-state index contributed by atoms with van der Waals surface area (Å²) in [6.07, 6.45) is 4.49. The summed E-state index contributed by atoms with van der Waals surface area (Å²) in [7, 11) is -3.10. The summed E-state index contributed by atoms with van der Waals surface area (Å²) >= 11 is 2.25. The van der Waals surface area contributed by atoms with Gasteiger partial charge in [-0.3, -0.25) is 0 Å². The molecule has 1 aromatic heterocycles. The van der Waals surface area contributed by atoms with Gasteiger partial charge in [-0.25, -0.2) is 18.4 Å². The lowest BCUT2D eigenvalue weighted by atomic mass is 10.2. The maximum Gasteiger partial charge on any atom is 0.154 e. The second kappa shape index (κ2) is 5.90. The summed E-state index contributed by atoms with van der Waals surface area (Å²) in [5.41, 5.74) is 1.01. The van der Waals surface area contributed by atoms with Gasteiger partial charge in [0, 0.05) is 18.7 Å². The molecule has 1 aliphatic rings. The van der Waals surface area contributed by atoms with Gasteiger partial charge in [-0.05, 0) is 41.9 Å². The highest BCUT2D eigenvalue weighted by Gasteiger charge is 2.29. The highest BCUT2D eigenvalue weighted by atomic mass is 127. The van der Waals surface area contributed by atoms with Gasteiger partial charge in [0.05, 0.1) is 9.26 Å². The maximum absolute atomic E-state index is 11.4. The molecule has 106 valence electrons. The summed E-state index contributed by atoms with van der Waals surface area (Å²) in [4.78, 5) is 8.81. The minimum Gasteiger partial charge on any atom is -0.369 e. The van der Waals surface area contributed by atoms with Crippen LogP contribution >= 0.6 is 22.6 Å². The van der Waals surface area contributed by atoms with Crippen molar-refractivity contribution in [2.24, 2.45) is 0 Å². The molecule has 0 aromatic carbocycles. The molecule has 0 unspecified atom stereocenters. The third-order valence-electron chi connectivity index (χ3n) is 2.82. The van der Waals surface area contributed by atoms with E-state index in [0.717, 1.165) is 40.9 Å². The van der Waals surface area contributed by atoms with Crippen LogP contribution in [0.4, 0.5) is 5.82 Å². The van der Waals surface area contributed by atoms with E-state index in [-0.39, 0.29) is 5.75 Å². The van der Waals surface area contributed by atoms with Crippen molar-refractivity contribution in [2.75, 3.05) is 18.1 Å². The number of aromatic nitrogens is 2. The third-order valence-corrected chi connectivity index (χ3v) is 4.67. The van der Waals surface area contributed by atoms with Crippen molar-refractivity contribution in [1.29, 1.82) is 0 Å². The first-order valence-corrected chi connectivity index (χ1v) is 9.52. The molecule has 1 aliphatic carbocycles. The summed E-state index contributed by atoms with van der Waals surface area (Å²) < 4.78 is 23.8. The van der Waals surface area contributed by atoms with E-state index in [9.17, 15) is 8.42 Å². The molecule has 7 heteroatoms. The van der Waals surface area contributed by atoms with Crippen molar-refractivity contribution in [2.45, 2.75) is 37.9 Å². The predicted octanol–water partition coefficient (Wildman–Crippen LogP) is 2.33. The second-order valence-corrected chi connectivity index (χ2v) is 8.18. The number of halogens is 1. The van der Waals surface area contributed by atoms with Gasteiger partial charge in [-0.2, -0.15) is 0 Å². The highest BCUT2D eigenvalue weighted by molar-refractivity contribution is 14.1. The Hall–Kier alpha value is -0.440. The lowest BCUT2D eigenvalue weighted by Gasteiger charge is -2.12. The largest absolute Gasteiger partial charge is 0.369 e. The summed E-state index contributed by atoms with van der Waals surface area (Å²) in [5, 5.41) is 3.26. The van der Waals surface area contributed by atoms with Crippen molar-refractivity contribution in [1.82, 2.24) is 9.97 Å². The first-order chi connectivity index (χ1) is 8.90. The SMILES string of the molecule is CCCNc1nc(CS(C)(=O)=O)nc(C2CC2)c1I. The number of hydrogen-bond acceptors (Lipinski definition) is 5. The fourth-order valence-corrected chi connectivity index (χ4v) is 3.27. The Balaban J connectivity index is 2.35. The Morgan fingerprint density at radius 2 is 2.05 bits per heavy atom. The number of nitrogens with zero attached hydrogens (tertiary/aromatic N) is 2. The van der Waals surface area contributed by atoms with Gasteiger partial charge in [-0.15, -0.1) is 0 Å². The lowest BCUT2D eigenvalue weighted by Crippen LogP contribution is -2.13. The first-order valence-electron chi connectivity index (χ1n) is 6.38. The maximum atomic E-state index is 11.4. The van der Waals surface area contributed by atoms with Crippen LogP contribution in [0, 0.1) is 3.57 Å². The predicted molar refractivity (Wildman–Crippen MR) is 84.1 cm³/mol. The molecule has 2 rings (SSSR count). The van der Waals surface area contributed by atoms with Crippen molar-refractivity contribution in [3.8, 4) is 0 Å². The van der Waals surface area contributed by atoms with E-state index in [0.29, 0.717) is 11.7 Å². The van der Waals surface area contributed by atoms with Gasteiger partial charge in [0.2, 0.25) is 0 Å². The quantitative estimate of drug-likeness (QED) is 0.749. The fraction of sp³-hybridized carbons (Fsp3) is 0.667. The van der Waals surface area contributed by atoms with Crippen molar-refractivity contribution >= 4 is 38.2 Å². The van der Waals surface area contributed by atoms with Crippen LogP contribution < -0.4 is 5.32 Å². The van der Waals surface area contributed by atoms with Gasteiger partial charge in [-0.1, -0.05) is 6.92 Å². The van der Waals surface area contributed by atoms with Crippen molar-refractivity contribution in [3.05, 3.63) is 15.1 Å². The molecule has 0 amide bonds. The van der Waals surface area contributed by atoms with E-state index in [1.54, 1.807) is 0 Å². The lowest BCUT2D eigenvalue weighted by molar-refractivity contribution is 0.599. The Bertz CT molecular complexity index is 571. The smallest absolute Gasteiger partial charge is 0.154 e. The molecule has 19 heavy (non-hydrogen) atoms. The normalized spacial score (nSPS) is 15.5. The molecule has 1 aromatic rings. The average molecular weight is 395 g/mol. The highest BCUT2D eigenvalue weighted by Crippen LogP contribution is 2.42. The number of sulfone groups is 1. The van der Waals surface area contributed by atoms with Crippen LogP contribution in [-0.2, 0) is 15.6 Å². The van der Waals surface area contributed by atoms with E-state index < -0.39 is 9.84 Å². The zero-order chi connectivity index (χ0) is 14.0.